The molecule has 20 heavy (non-hydrogen) atoms. The number of aryl methyl sites for hydroxylation is 1. The molecular weight excluding hydrogens is 260 g/mol. The number of hydrogen-bond donors (Lipinski definition) is 2. The molecule has 0 aliphatic carbocycles. The highest BCUT2D eigenvalue weighted by Crippen LogP contribution is 2.15. The van der Waals surface area contributed by atoms with E-state index < -0.39 is 5.97 Å². The number of carboxylic acid groups (broad SMARTS) is 1. The minimum absolute atomic E-state index is 0.233. The Morgan fingerprint density at radius 3 is 2.65 bits per heavy atom. The molecule has 6 heteroatoms. The SMILES string of the molecule is COCCCN(C)C(=O)Nc1ccc(C(=O)O)c(C)c1. The third-order valence-electron chi connectivity index (χ3n) is 2.90. The van der Waals surface area contributed by atoms with Gasteiger partial charge in [-0.1, -0.05) is 0 Å². The number of benzene rings is 1. The first-order chi connectivity index (χ1) is 9.45. The molecule has 2 amide bonds. The second-order valence-electron chi connectivity index (χ2n) is 4.53. The molecule has 0 radical (unpaired) electrons. The van der Waals surface area contributed by atoms with Crippen molar-refractivity contribution < 1.29 is 19.4 Å². The molecule has 0 aliphatic rings. The van der Waals surface area contributed by atoms with Crippen LogP contribution in [0.4, 0.5) is 10.5 Å². The quantitative estimate of drug-likeness (QED) is 0.783. The molecule has 0 saturated heterocycles. The number of hydrogen-bond acceptors (Lipinski definition) is 3. The standard InChI is InChI=1S/C14H20N2O4/c1-10-9-11(5-6-12(10)13(17)18)15-14(19)16(2)7-4-8-20-3/h5-6,9H,4,7-8H2,1-3H3,(H,15,19)(H,17,18). The second-order valence-corrected chi connectivity index (χ2v) is 4.53. The summed E-state index contributed by atoms with van der Waals surface area (Å²) in [6.45, 7) is 2.89. The van der Waals surface area contributed by atoms with E-state index in [1.807, 2.05) is 0 Å². The number of nitrogens with one attached hydrogen (secondary N) is 1. The van der Waals surface area contributed by atoms with Crippen molar-refractivity contribution in [2.45, 2.75) is 13.3 Å². The van der Waals surface area contributed by atoms with Crippen LogP contribution in [0.15, 0.2) is 18.2 Å². The van der Waals surface area contributed by atoms with Gasteiger partial charge in [-0.15, -0.1) is 0 Å². The van der Waals surface area contributed by atoms with E-state index in [2.05, 4.69) is 5.32 Å². The molecule has 1 rings (SSSR count). The van der Waals surface area contributed by atoms with E-state index in [-0.39, 0.29) is 11.6 Å². The van der Waals surface area contributed by atoms with Crippen LogP contribution in [0, 0.1) is 6.92 Å². The number of ether oxygens (including phenoxy) is 1. The topological polar surface area (TPSA) is 78.9 Å². The fourth-order valence-corrected chi connectivity index (χ4v) is 1.75. The summed E-state index contributed by atoms with van der Waals surface area (Å²) in [4.78, 5) is 24.4. The van der Waals surface area contributed by atoms with E-state index in [1.165, 1.54) is 6.07 Å². The number of nitrogens with zero attached hydrogens (tertiary/aromatic N) is 1. The van der Waals surface area contributed by atoms with Crippen LogP contribution in [0.3, 0.4) is 0 Å². The van der Waals surface area contributed by atoms with Crippen molar-refractivity contribution >= 4 is 17.7 Å². The van der Waals surface area contributed by atoms with Crippen molar-refractivity contribution in [2.75, 3.05) is 32.6 Å². The van der Waals surface area contributed by atoms with Gasteiger partial charge in [0, 0.05) is 33.0 Å². The monoisotopic (exact) mass is 280 g/mol. The van der Waals surface area contributed by atoms with Crippen LogP contribution in [0.25, 0.3) is 0 Å². The average Bonchev–Trinajstić information content (AvgIpc) is 2.38. The lowest BCUT2D eigenvalue weighted by Gasteiger charge is -2.18. The zero-order valence-corrected chi connectivity index (χ0v) is 12.0. The Kier molecular flexibility index (Phi) is 5.99. The third-order valence-corrected chi connectivity index (χ3v) is 2.90. The first-order valence-electron chi connectivity index (χ1n) is 6.30. The van der Waals surface area contributed by atoms with Crippen LogP contribution in [0.5, 0.6) is 0 Å². The molecular formula is C14H20N2O4. The van der Waals surface area contributed by atoms with E-state index in [0.717, 1.165) is 6.42 Å². The van der Waals surface area contributed by atoms with E-state index in [9.17, 15) is 9.59 Å². The van der Waals surface area contributed by atoms with E-state index in [0.29, 0.717) is 24.4 Å². The lowest BCUT2D eigenvalue weighted by atomic mass is 10.1. The predicted molar refractivity (Wildman–Crippen MR) is 76.3 cm³/mol. The zero-order valence-electron chi connectivity index (χ0n) is 12.0. The van der Waals surface area contributed by atoms with Gasteiger partial charge >= 0.3 is 12.0 Å². The largest absolute Gasteiger partial charge is 0.478 e. The number of methoxy groups -OCH3 is 1. The molecule has 0 spiro atoms. The third kappa shape index (κ3) is 4.55. The number of rotatable bonds is 6. The van der Waals surface area contributed by atoms with Crippen molar-refractivity contribution in [1.82, 2.24) is 4.90 Å². The average molecular weight is 280 g/mol. The summed E-state index contributed by atoms with van der Waals surface area (Å²) in [6, 6.07) is 4.48. The molecule has 0 aromatic heterocycles. The Morgan fingerprint density at radius 2 is 2.10 bits per heavy atom. The Hall–Kier alpha value is -2.08. The summed E-state index contributed by atoms with van der Waals surface area (Å²) < 4.78 is 4.93. The molecule has 1 aromatic rings. The highest BCUT2D eigenvalue weighted by atomic mass is 16.5. The summed E-state index contributed by atoms with van der Waals surface area (Å²) in [5, 5.41) is 11.7. The number of anilines is 1. The zero-order chi connectivity index (χ0) is 15.1. The van der Waals surface area contributed by atoms with Gasteiger partial charge in [0.1, 0.15) is 0 Å². The number of carboxylic acids is 1. The van der Waals surface area contributed by atoms with E-state index >= 15 is 0 Å². The molecule has 0 atom stereocenters. The first-order valence-corrected chi connectivity index (χ1v) is 6.30. The number of urea groups is 1. The van der Waals surface area contributed by atoms with Crippen molar-refractivity contribution in [2.24, 2.45) is 0 Å². The van der Waals surface area contributed by atoms with Crippen LogP contribution < -0.4 is 5.32 Å². The van der Waals surface area contributed by atoms with Gasteiger partial charge in [0.25, 0.3) is 0 Å². The normalized spacial score (nSPS) is 10.2. The van der Waals surface area contributed by atoms with Gasteiger partial charge in [0.15, 0.2) is 0 Å². The number of amides is 2. The van der Waals surface area contributed by atoms with Crippen molar-refractivity contribution in [3.63, 3.8) is 0 Å². The number of aromatic carboxylic acids is 1. The minimum atomic E-state index is -0.975. The summed E-state index contributed by atoms with van der Waals surface area (Å²) in [5.74, 6) is -0.975. The van der Waals surface area contributed by atoms with Gasteiger partial charge in [0.05, 0.1) is 5.56 Å². The molecule has 0 bridgehead atoms. The van der Waals surface area contributed by atoms with Crippen LogP contribution >= 0.6 is 0 Å². The summed E-state index contributed by atoms with van der Waals surface area (Å²) >= 11 is 0. The van der Waals surface area contributed by atoms with Gasteiger partial charge in [0.2, 0.25) is 0 Å². The molecule has 0 aliphatic heterocycles. The van der Waals surface area contributed by atoms with Crippen molar-refractivity contribution in [1.29, 1.82) is 0 Å². The van der Waals surface area contributed by atoms with Crippen LogP contribution in [-0.4, -0.2) is 49.3 Å². The van der Waals surface area contributed by atoms with Gasteiger partial charge in [-0.25, -0.2) is 9.59 Å². The molecule has 0 fully saturated rings. The maximum absolute atomic E-state index is 11.9. The predicted octanol–water partition coefficient (Wildman–Crippen LogP) is 2.19. The van der Waals surface area contributed by atoms with E-state index in [4.69, 9.17) is 9.84 Å². The lowest BCUT2D eigenvalue weighted by molar-refractivity contribution is 0.0696. The Morgan fingerprint density at radius 1 is 1.40 bits per heavy atom. The fraction of sp³-hybridized carbons (Fsp3) is 0.429. The molecule has 6 nitrogen and oxygen atoms in total. The molecule has 110 valence electrons. The Labute approximate surface area is 118 Å². The summed E-state index contributed by atoms with van der Waals surface area (Å²) in [5.41, 5.74) is 1.42. The first kappa shape index (κ1) is 16.0. The maximum Gasteiger partial charge on any atom is 0.335 e. The molecule has 0 heterocycles. The van der Waals surface area contributed by atoms with Gasteiger partial charge in [-0.3, -0.25) is 0 Å². The molecule has 0 saturated carbocycles. The maximum atomic E-state index is 11.9. The molecule has 1 aromatic carbocycles. The Bertz CT molecular complexity index is 488. The number of carbonyl (C=O) groups is 2. The molecule has 0 unspecified atom stereocenters. The van der Waals surface area contributed by atoms with Gasteiger partial charge in [-0.2, -0.15) is 0 Å². The van der Waals surface area contributed by atoms with Crippen LogP contribution in [-0.2, 0) is 4.74 Å². The smallest absolute Gasteiger partial charge is 0.335 e. The second kappa shape index (κ2) is 7.49. The summed E-state index contributed by atoms with van der Waals surface area (Å²) in [6.07, 6.45) is 0.761. The van der Waals surface area contributed by atoms with Crippen molar-refractivity contribution in [3.8, 4) is 0 Å². The minimum Gasteiger partial charge on any atom is -0.478 e. The van der Waals surface area contributed by atoms with Crippen molar-refractivity contribution in [3.05, 3.63) is 29.3 Å². The highest BCUT2D eigenvalue weighted by molar-refractivity contribution is 5.92. The van der Waals surface area contributed by atoms with Crippen LogP contribution in [0.1, 0.15) is 22.3 Å². The van der Waals surface area contributed by atoms with Crippen LogP contribution in [0.2, 0.25) is 0 Å². The lowest BCUT2D eigenvalue weighted by Crippen LogP contribution is -2.32. The highest BCUT2D eigenvalue weighted by Gasteiger charge is 2.11. The van der Waals surface area contributed by atoms with Gasteiger partial charge < -0.3 is 20.1 Å². The van der Waals surface area contributed by atoms with E-state index in [1.54, 1.807) is 38.1 Å². The summed E-state index contributed by atoms with van der Waals surface area (Å²) in [7, 11) is 3.32. The Balaban J connectivity index is 2.62. The number of carbonyl (C=O) groups excluding carboxylic acids is 1. The molecule has 2 N–H and O–H groups in total. The van der Waals surface area contributed by atoms with Gasteiger partial charge in [-0.05, 0) is 37.1 Å². The fourth-order valence-electron chi connectivity index (χ4n) is 1.75.